The van der Waals surface area contributed by atoms with Crippen LogP contribution in [0.5, 0.6) is 5.75 Å². The van der Waals surface area contributed by atoms with Crippen molar-refractivity contribution in [1.29, 1.82) is 0 Å². The van der Waals surface area contributed by atoms with Crippen LogP contribution in [-0.2, 0) is 4.74 Å². The number of carbonyl (C=O) groups excluding carboxylic acids is 1. The summed E-state index contributed by atoms with van der Waals surface area (Å²) in [7, 11) is 0. The van der Waals surface area contributed by atoms with Crippen LogP contribution in [0.4, 0.5) is 9.18 Å². The molecule has 1 saturated heterocycles. The summed E-state index contributed by atoms with van der Waals surface area (Å²) in [6.45, 7) is 2.74. The highest BCUT2D eigenvalue weighted by Crippen LogP contribution is 2.26. The maximum atomic E-state index is 13.1. The third kappa shape index (κ3) is 3.87. The number of rotatable bonds is 2. The van der Waals surface area contributed by atoms with Gasteiger partial charge in [0.1, 0.15) is 17.7 Å². The Labute approximate surface area is 134 Å². The number of amides is 1. The summed E-state index contributed by atoms with van der Waals surface area (Å²) in [5, 5.41) is 0. The smallest absolute Gasteiger partial charge is 0.410 e. The minimum absolute atomic E-state index is 0.123. The SMILES string of the molecule is CC1CN(C(=O)Oc2ccccc2)CC(c2ccc(F)cc2)O1. The Balaban J connectivity index is 1.70. The van der Waals surface area contributed by atoms with E-state index in [9.17, 15) is 9.18 Å². The van der Waals surface area contributed by atoms with E-state index < -0.39 is 6.09 Å². The number of carbonyl (C=O) groups is 1. The molecule has 4 nitrogen and oxygen atoms in total. The number of benzene rings is 2. The van der Waals surface area contributed by atoms with E-state index in [4.69, 9.17) is 9.47 Å². The van der Waals surface area contributed by atoms with Gasteiger partial charge in [-0.15, -0.1) is 0 Å². The summed E-state index contributed by atoms with van der Waals surface area (Å²) >= 11 is 0. The maximum Gasteiger partial charge on any atom is 0.415 e. The number of ether oxygens (including phenoxy) is 2. The molecule has 0 radical (unpaired) electrons. The van der Waals surface area contributed by atoms with Crippen LogP contribution < -0.4 is 4.74 Å². The van der Waals surface area contributed by atoms with Gasteiger partial charge in [-0.3, -0.25) is 0 Å². The molecule has 2 atom stereocenters. The number of hydrogen-bond acceptors (Lipinski definition) is 3. The molecule has 2 aromatic carbocycles. The van der Waals surface area contributed by atoms with Gasteiger partial charge in [-0.2, -0.15) is 0 Å². The molecular formula is C18H18FNO3. The van der Waals surface area contributed by atoms with Crippen molar-refractivity contribution in [3.8, 4) is 5.75 Å². The number of hydrogen-bond donors (Lipinski definition) is 0. The number of nitrogens with zero attached hydrogens (tertiary/aromatic N) is 1. The Bertz CT molecular complexity index is 660. The first-order valence-corrected chi connectivity index (χ1v) is 7.54. The number of para-hydroxylation sites is 1. The molecule has 0 aliphatic carbocycles. The largest absolute Gasteiger partial charge is 0.415 e. The molecule has 1 heterocycles. The average molecular weight is 315 g/mol. The molecule has 0 aromatic heterocycles. The van der Waals surface area contributed by atoms with Crippen LogP contribution in [0.3, 0.4) is 0 Å². The zero-order valence-corrected chi connectivity index (χ0v) is 12.8. The molecule has 0 spiro atoms. The zero-order valence-electron chi connectivity index (χ0n) is 12.8. The minimum Gasteiger partial charge on any atom is -0.410 e. The lowest BCUT2D eigenvalue weighted by Gasteiger charge is -2.36. The molecule has 5 heteroatoms. The Morgan fingerprint density at radius 1 is 1.13 bits per heavy atom. The second-order valence-corrected chi connectivity index (χ2v) is 5.57. The van der Waals surface area contributed by atoms with E-state index >= 15 is 0 Å². The van der Waals surface area contributed by atoms with Gasteiger partial charge in [0, 0.05) is 0 Å². The topological polar surface area (TPSA) is 38.8 Å². The summed E-state index contributed by atoms with van der Waals surface area (Å²) < 4.78 is 24.3. The van der Waals surface area contributed by atoms with Crippen LogP contribution >= 0.6 is 0 Å². The number of morpholine rings is 1. The monoisotopic (exact) mass is 315 g/mol. The normalized spacial score (nSPS) is 21.0. The van der Waals surface area contributed by atoms with Gasteiger partial charge in [0.05, 0.1) is 19.2 Å². The fraction of sp³-hybridized carbons (Fsp3) is 0.278. The molecule has 1 fully saturated rings. The predicted molar refractivity (Wildman–Crippen MR) is 83.7 cm³/mol. The van der Waals surface area contributed by atoms with Gasteiger partial charge >= 0.3 is 6.09 Å². The van der Waals surface area contributed by atoms with E-state index in [1.165, 1.54) is 12.1 Å². The Morgan fingerprint density at radius 2 is 1.83 bits per heavy atom. The summed E-state index contributed by atoms with van der Waals surface area (Å²) in [6, 6.07) is 15.1. The Kier molecular flexibility index (Phi) is 4.57. The maximum absolute atomic E-state index is 13.1. The van der Waals surface area contributed by atoms with Crippen LogP contribution in [0.2, 0.25) is 0 Å². The van der Waals surface area contributed by atoms with Gasteiger partial charge < -0.3 is 14.4 Å². The van der Waals surface area contributed by atoms with Crippen molar-refractivity contribution in [3.05, 3.63) is 66.0 Å². The first-order chi connectivity index (χ1) is 11.1. The fourth-order valence-electron chi connectivity index (χ4n) is 2.62. The van der Waals surface area contributed by atoms with Gasteiger partial charge in [0.15, 0.2) is 0 Å². The van der Waals surface area contributed by atoms with E-state index in [0.717, 1.165) is 5.56 Å². The van der Waals surface area contributed by atoms with Crippen molar-refractivity contribution in [2.45, 2.75) is 19.1 Å². The summed E-state index contributed by atoms with van der Waals surface area (Å²) in [4.78, 5) is 14.0. The third-order valence-corrected chi connectivity index (χ3v) is 3.71. The molecule has 2 unspecified atom stereocenters. The average Bonchev–Trinajstić information content (AvgIpc) is 2.56. The molecule has 0 N–H and O–H groups in total. The summed E-state index contributed by atoms with van der Waals surface area (Å²) in [5.74, 6) is 0.216. The van der Waals surface area contributed by atoms with Crippen molar-refractivity contribution >= 4 is 6.09 Å². The molecule has 1 aliphatic heterocycles. The highest BCUT2D eigenvalue weighted by Gasteiger charge is 2.30. The molecule has 0 saturated carbocycles. The molecule has 23 heavy (non-hydrogen) atoms. The predicted octanol–water partition coefficient (Wildman–Crippen LogP) is 3.79. The van der Waals surface area contributed by atoms with Gasteiger partial charge in [0.25, 0.3) is 0 Å². The Morgan fingerprint density at radius 3 is 2.52 bits per heavy atom. The van der Waals surface area contributed by atoms with Crippen LogP contribution in [0.15, 0.2) is 54.6 Å². The lowest BCUT2D eigenvalue weighted by Crippen LogP contribution is -2.47. The van der Waals surface area contributed by atoms with E-state index in [1.807, 2.05) is 25.1 Å². The van der Waals surface area contributed by atoms with E-state index in [0.29, 0.717) is 18.8 Å². The molecule has 2 aromatic rings. The highest BCUT2D eigenvalue weighted by molar-refractivity contribution is 5.70. The standard InChI is InChI=1S/C18H18FNO3/c1-13-11-20(18(21)23-16-5-3-2-4-6-16)12-17(22-13)14-7-9-15(19)10-8-14/h2-10,13,17H,11-12H2,1H3. The van der Waals surface area contributed by atoms with Crippen LogP contribution in [0.25, 0.3) is 0 Å². The van der Waals surface area contributed by atoms with Crippen molar-refractivity contribution in [2.24, 2.45) is 0 Å². The van der Waals surface area contributed by atoms with Gasteiger partial charge in [-0.25, -0.2) is 9.18 Å². The van der Waals surface area contributed by atoms with Crippen molar-refractivity contribution in [3.63, 3.8) is 0 Å². The fourth-order valence-corrected chi connectivity index (χ4v) is 2.62. The third-order valence-electron chi connectivity index (χ3n) is 3.71. The molecule has 120 valence electrons. The first-order valence-electron chi connectivity index (χ1n) is 7.54. The quantitative estimate of drug-likeness (QED) is 0.846. The van der Waals surface area contributed by atoms with Crippen molar-refractivity contribution < 1.29 is 18.7 Å². The molecule has 3 rings (SSSR count). The number of halogens is 1. The molecule has 0 bridgehead atoms. The van der Waals surface area contributed by atoms with Crippen LogP contribution in [-0.4, -0.2) is 30.2 Å². The first kappa shape index (κ1) is 15.5. The molecule has 1 aliphatic rings. The van der Waals surface area contributed by atoms with Crippen LogP contribution in [0.1, 0.15) is 18.6 Å². The molecular weight excluding hydrogens is 297 g/mol. The minimum atomic E-state index is -0.404. The second-order valence-electron chi connectivity index (χ2n) is 5.57. The Hall–Kier alpha value is -2.40. The van der Waals surface area contributed by atoms with Crippen LogP contribution in [0, 0.1) is 5.82 Å². The van der Waals surface area contributed by atoms with Gasteiger partial charge in [-0.1, -0.05) is 30.3 Å². The summed E-state index contributed by atoms with van der Waals surface area (Å²) in [5.41, 5.74) is 0.843. The van der Waals surface area contributed by atoms with Crippen molar-refractivity contribution in [2.75, 3.05) is 13.1 Å². The van der Waals surface area contributed by atoms with E-state index in [1.54, 1.807) is 29.2 Å². The van der Waals surface area contributed by atoms with Gasteiger partial charge in [0.2, 0.25) is 0 Å². The lowest BCUT2D eigenvalue weighted by molar-refractivity contribution is -0.0701. The lowest BCUT2D eigenvalue weighted by atomic mass is 10.1. The van der Waals surface area contributed by atoms with Gasteiger partial charge in [-0.05, 0) is 36.8 Å². The van der Waals surface area contributed by atoms with Crippen molar-refractivity contribution in [1.82, 2.24) is 4.90 Å². The summed E-state index contributed by atoms with van der Waals surface area (Å²) in [6.07, 6.45) is -0.816. The van der Waals surface area contributed by atoms with E-state index in [-0.39, 0.29) is 18.0 Å². The zero-order chi connectivity index (χ0) is 16.2. The van der Waals surface area contributed by atoms with E-state index in [2.05, 4.69) is 0 Å². The molecule has 1 amide bonds. The highest BCUT2D eigenvalue weighted by atomic mass is 19.1. The second kappa shape index (κ2) is 6.79.